The van der Waals surface area contributed by atoms with Gasteiger partial charge in [-0.05, 0) is 72.9 Å². The van der Waals surface area contributed by atoms with Crippen molar-refractivity contribution in [3.63, 3.8) is 0 Å². The van der Waals surface area contributed by atoms with E-state index in [1.807, 2.05) is 51.1 Å². The van der Waals surface area contributed by atoms with Gasteiger partial charge >= 0.3 is 0 Å². The Hall–Kier alpha value is -4.26. The number of nitrogens with zero attached hydrogens (tertiary/aromatic N) is 2. The molecule has 5 aromatic rings. The largest absolute Gasteiger partial charge is 0.369 e. The van der Waals surface area contributed by atoms with Gasteiger partial charge in [-0.15, -0.1) is 0 Å². The molecule has 5 rings (SSSR count). The zero-order chi connectivity index (χ0) is 24.1. The smallest absolute Gasteiger partial charge is 0.265 e. The van der Waals surface area contributed by atoms with Gasteiger partial charge in [0.25, 0.3) is 5.56 Å². The summed E-state index contributed by atoms with van der Waals surface area (Å²) in [4.78, 5) is 32.6. The zero-order valence-electron chi connectivity index (χ0n) is 19.1. The summed E-state index contributed by atoms with van der Waals surface area (Å²) < 4.78 is 15.3. The first-order valence-electron chi connectivity index (χ1n) is 10.9. The first-order valence-corrected chi connectivity index (χ1v) is 10.9. The Bertz CT molecular complexity index is 1680. The highest BCUT2D eigenvalue weighted by Crippen LogP contribution is 2.37. The molecule has 0 atom stereocenters. The molecule has 170 valence electrons. The van der Waals surface area contributed by atoms with E-state index in [0.29, 0.717) is 11.2 Å². The maximum absolute atomic E-state index is 13.8. The number of fused-ring (bicyclic) bond motifs is 2. The third-order valence-corrected chi connectivity index (χ3v) is 6.48. The lowest BCUT2D eigenvalue weighted by atomic mass is 9.92. The summed E-state index contributed by atoms with van der Waals surface area (Å²) in [6.45, 7) is 5.98. The molecule has 34 heavy (non-hydrogen) atoms. The number of aryl methyl sites for hydroxylation is 2. The number of H-pyrrole nitrogens is 1. The average Bonchev–Trinajstić information content (AvgIpc) is 3.10. The number of carbonyl (C=O) groups excluding carboxylic acids is 1. The Balaban J connectivity index is 1.75. The highest BCUT2D eigenvalue weighted by molar-refractivity contribution is 6.02. The standard InChI is InChI=1S/C27H23FN4O2/c1-14-16(3)31-26-17(11-24(29)33)7-9-20(25(14)26)19-5-4-6-23(15(19)2)32-13-30-22-10-8-18(28)12-21(22)27(32)34/h4-10,12-13,31H,11H2,1-3H3,(H2,29,33). The number of carbonyl (C=O) groups is 1. The Labute approximate surface area is 194 Å². The number of aromatic amines is 1. The minimum Gasteiger partial charge on any atom is -0.369 e. The summed E-state index contributed by atoms with van der Waals surface area (Å²) in [7, 11) is 0. The van der Waals surface area contributed by atoms with Gasteiger partial charge in [-0.25, -0.2) is 9.37 Å². The van der Waals surface area contributed by atoms with Crippen LogP contribution in [0.2, 0.25) is 0 Å². The SMILES string of the molecule is Cc1[nH]c2c(CC(N)=O)ccc(-c3cccc(-n4cnc5ccc(F)cc5c4=O)c3C)c2c1C. The Kier molecular flexibility index (Phi) is 5.05. The van der Waals surface area contributed by atoms with Gasteiger partial charge in [0, 0.05) is 11.1 Å². The maximum Gasteiger partial charge on any atom is 0.265 e. The van der Waals surface area contributed by atoms with Gasteiger partial charge < -0.3 is 10.7 Å². The number of nitrogens with two attached hydrogens (primary N) is 1. The van der Waals surface area contributed by atoms with Crippen LogP contribution in [-0.4, -0.2) is 20.4 Å². The Morgan fingerprint density at radius 3 is 2.62 bits per heavy atom. The molecule has 0 aliphatic rings. The van der Waals surface area contributed by atoms with Crippen LogP contribution in [0.25, 0.3) is 38.6 Å². The summed E-state index contributed by atoms with van der Waals surface area (Å²) in [5.74, 6) is -0.872. The van der Waals surface area contributed by atoms with Gasteiger partial charge in [0.1, 0.15) is 12.1 Å². The van der Waals surface area contributed by atoms with Crippen LogP contribution >= 0.6 is 0 Å². The third kappa shape index (κ3) is 3.37. The monoisotopic (exact) mass is 454 g/mol. The van der Waals surface area contributed by atoms with E-state index in [1.165, 1.54) is 29.1 Å². The molecular formula is C27H23FN4O2. The van der Waals surface area contributed by atoms with Gasteiger partial charge in [0.15, 0.2) is 0 Å². The number of hydrogen-bond acceptors (Lipinski definition) is 3. The molecule has 7 heteroatoms. The van der Waals surface area contributed by atoms with Crippen LogP contribution in [0.1, 0.15) is 22.4 Å². The van der Waals surface area contributed by atoms with Crippen molar-refractivity contribution in [2.45, 2.75) is 27.2 Å². The van der Waals surface area contributed by atoms with Crippen molar-refractivity contribution < 1.29 is 9.18 Å². The molecule has 0 spiro atoms. The van der Waals surface area contributed by atoms with Gasteiger partial charge in [-0.2, -0.15) is 0 Å². The van der Waals surface area contributed by atoms with Crippen molar-refractivity contribution in [3.05, 3.63) is 93.4 Å². The molecule has 0 radical (unpaired) electrons. The molecule has 0 fully saturated rings. The summed E-state index contributed by atoms with van der Waals surface area (Å²) in [5, 5.41) is 1.24. The van der Waals surface area contributed by atoms with E-state index < -0.39 is 11.7 Å². The molecule has 3 N–H and O–H groups in total. The van der Waals surface area contributed by atoms with Crippen LogP contribution in [0, 0.1) is 26.6 Å². The third-order valence-electron chi connectivity index (χ3n) is 6.48. The van der Waals surface area contributed by atoms with Crippen LogP contribution < -0.4 is 11.3 Å². The predicted molar refractivity (Wildman–Crippen MR) is 132 cm³/mol. The number of benzene rings is 3. The van der Waals surface area contributed by atoms with Crippen molar-refractivity contribution in [3.8, 4) is 16.8 Å². The van der Waals surface area contributed by atoms with E-state index in [1.54, 1.807) is 0 Å². The number of nitrogens with one attached hydrogen (secondary N) is 1. The molecule has 6 nitrogen and oxygen atoms in total. The summed E-state index contributed by atoms with van der Waals surface area (Å²) in [6.07, 6.45) is 1.62. The molecule has 0 aliphatic carbocycles. The minimum atomic E-state index is -0.480. The van der Waals surface area contributed by atoms with Gasteiger partial charge in [-0.1, -0.05) is 24.3 Å². The first-order chi connectivity index (χ1) is 16.3. The molecule has 0 saturated heterocycles. The van der Waals surface area contributed by atoms with Crippen LogP contribution in [-0.2, 0) is 11.2 Å². The summed E-state index contributed by atoms with van der Waals surface area (Å²) in [6, 6.07) is 13.6. The fourth-order valence-electron chi connectivity index (χ4n) is 4.65. The van der Waals surface area contributed by atoms with Gasteiger partial charge in [0.05, 0.1) is 28.5 Å². The lowest BCUT2D eigenvalue weighted by Crippen LogP contribution is -2.20. The second kappa shape index (κ2) is 7.95. The van der Waals surface area contributed by atoms with E-state index in [9.17, 15) is 14.0 Å². The fourth-order valence-corrected chi connectivity index (χ4v) is 4.65. The lowest BCUT2D eigenvalue weighted by Gasteiger charge is -2.16. The minimum absolute atomic E-state index is 0.143. The first kappa shape index (κ1) is 21.6. The van der Waals surface area contributed by atoms with Crippen LogP contribution in [0.4, 0.5) is 4.39 Å². The number of aromatic nitrogens is 3. The lowest BCUT2D eigenvalue weighted by molar-refractivity contribution is -0.117. The molecule has 2 aromatic heterocycles. The van der Waals surface area contributed by atoms with Crippen LogP contribution in [0.5, 0.6) is 0 Å². The summed E-state index contributed by atoms with van der Waals surface area (Å²) in [5.41, 5.74) is 12.9. The second-order valence-corrected chi connectivity index (χ2v) is 8.57. The molecule has 1 amide bonds. The number of halogens is 1. The predicted octanol–water partition coefficient (Wildman–Crippen LogP) is 4.63. The topological polar surface area (TPSA) is 93.8 Å². The number of rotatable bonds is 4. The van der Waals surface area contributed by atoms with Crippen molar-refractivity contribution in [2.24, 2.45) is 5.73 Å². The van der Waals surface area contributed by atoms with Crippen molar-refractivity contribution >= 4 is 27.7 Å². The fraction of sp³-hybridized carbons (Fsp3) is 0.148. The highest BCUT2D eigenvalue weighted by atomic mass is 19.1. The normalized spacial score (nSPS) is 11.4. The molecule has 2 heterocycles. The molecular weight excluding hydrogens is 431 g/mol. The highest BCUT2D eigenvalue weighted by Gasteiger charge is 2.18. The molecule has 3 aromatic carbocycles. The van der Waals surface area contributed by atoms with Crippen molar-refractivity contribution in [1.82, 2.24) is 14.5 Å². The quantitative estimate of drug-likeness (QED) is 0.415. The van der Waals surface area contributed by atoms with E-state index in [0.717, 1.165) is 44.4 Å². The van der Waals surface area contributed by atoms with Gasteiger partial charge in [0.2, 0.25) is 5.91 Å². The zero-order valence-corrected chi connectivity index (χ0v) is 19.1. The van der Waals surface area contributed by atoms with Crippen molar-refractivity contribution in [2.75, 3.05) is 0 Å². The Morgan fingerprint density at radius 2 is 1.85 bits per heavy atom. The average molecular weight is 455 g/mol. The molecule has 0 saturated carbocycles. The maximum atomic E-state index is 13.8. The number of amides is 1. The van der Waals surface area contributed by atoms with Crippen LogP contribution in [0.15, 0.2) is 59.7 Å². The van der Waals surface area contributed by atoms with E-state index in [4.69, 9.17) is 5.73 Å². The van der Waals surface area contributed by atoms with E-state index in [-0.39, 0.29) is 17.4 Å². The molecule has 0 unspecified atom stereocenters. The number of hydrogen-bond donors (Lipinski definition) is 2. The Morgan fingerprint density at radius 1 is 1.06 bits per heavy atom. The number of primary amides is 1. The summed E-state index contributed by atoms with van der Waals surface area (Å²) >= 11 is 0. The van der Waals surface area contributed by atoms with Gasteiger partial charge in [-0.3, -0.25) is 14.2 Å². The second-order valence-electron chi connectivity index (χ2n) is 8.57. The van der Waals surface area contributed by atoms with E-state index in [2.05, 4.69) is 9.97 Å². The van der Waals surface area contributed by atoms with Crippen molar-refractivity contribution in [1.29, 1.82) is 0 Å². The molecule has 0 aliphatic heterocycles. The van der Waals surface area contributed by atoms with E-state index >= 15 is 0 Å². The molecule has 0 bridgehead atoms. The van der Waals surface area contributed by atoms with Crippen LogP contribution in [0.3, 0.4) is 0 Å².